The lowest BCUT2D eigenvalue weighted by atomic mass is 10.2. The van der Waals surface area contributed by atoms with E-state index >= 15 is 0 Å². The summed E-state index contributed by atoms with van der Waals surface area (Å²) < 4.78 is 3.70. The van der Waals surface area contributed by atoms with Crippen molar-refractivity contribution in [3.63, 3.8) is 0 Å². The third kappa shape index (κ3) is 2.29. The molecule has 0 aliphatic rings. The first kappa shape index (κ1) is 13.4. The van der Waals surface area contributed by atoms with Crippen molar-refractivity contribution in [3.05, 3.63) is 42.0 Å². The minimum absolute atomic E-state index is 0.260. The molecule has 0 bridgehead atoms. The first-order valence-electron chi connectivity index (χ1n) is 6.84. The highest BCUT2D eigenvalue weighted by atomic mass is 16.4. The predicted octanol–water partition coefficient (Wildman–Crippen LogP) is 2.41. The zero-order valence-electron chi connectivity index (χ0n) is 11.9. The van der Waals surface area contributed by atoms with Gasteiger partial charge in [0.2, 0.25) is 0 Å². The summed E-state index contributed by atoms with van der Waals surface area (Å²) in [4.78, 5) is 15.8. The first-order valence-corrected chi connectivity index (χ1v) is 6.84. The molecule has 0 atom stereocenters. The van der Waals surface area contributed by atoms with Gasteiger partial charge in [0.25, 0.3) is 0 Å². The molecule has 0 radical (unpaired) electrons. The fourth-order valence-electron chi connectivity index (χ4n) is 2.46. The number of imidazole rings is 1. The quantitative estimate of drug-likeness (QED) is 0.798. The Kier molecular flexibility index (Phi) is 3.21. The first-order chi connectivity index (χ1) is 10.1. The number of aromatic carboxylic acids is 1. The molecule has 1 aromatic carbocycles. The Morgan fingerprint density at radius 3 is 2.81 bits per heavy atom. The van der Waals surface area contributed by atoms with Crippen LogP contribution in [0, 0.1) is 0 Å². The number of carboxylic acid groups (broad SMARTS) is 1. The number of carboxylic acids is 1. The molecule has 6 nitrogen and oxygen atoms in total. The lowest BCUT2D eigenvalue weighted by Crippen LogP contribution is -2.01. The Bertz CT molecular complexity index is 816. The van der Waals surface area contributed by atoms with Gasteiger partial charge in [-0.2, -0.15) is 5.10 Å². The standard InChI is InChI=1S/C15H16N4O2/c1-3-4-14-17-12-6-5-10(15(20)21)7-13(12)19(14)11-8-16-18(2)9-11/h5-9H,3-4H2,1-2H3,(H,20,21). The summed E-state index contributed by atoms with van der Waals surface area (Å²) in [6.07, 6.45) is 5.45. The third-order valence-electron chi connectivity index (χ3n) is 3.39. The van der Waals surface area contributed by atoms with Crippen LogP contribution in [0.25, 0.3) is 16.7 Å². The third-order valence-corrected chi connectivity index (χ3v) is 3.39. The number of rotatable bonds is 4. The van der Waals surface area contributed by atoms with Gasteiger partial charge >= 0.3 is 5.97 Å². The number of fused-ring (bicyclic) bond motifs is 1. The topological polar surface area (TPSA) is 72.9 Å². The van der Waals surface area contributed by atoms with Crippen LogP contribution in [0.4, 0.5) is 0 Å². The summed E-state index contributed by atoms with van der Waals surface area (Å²) in [6.45, 7) is 2.09. The molecule has 0 amide bonds. The summed E-state index contributed by atoms with van der Waals surface area (Å²) in [6, 6.07) is 5.00. The van der Waals surface area contributed by atoms with Gasteiger partial charge in [0, 0.05) is 19.7 Å². The molecule has 3 rings (SSSR count). The van der Waals surface area contributed by atoms with Crippen LogP contribution < -0.4 is 0 Å². The van der Waals surface area contributed by atoms with Crippen LogP contribution in [-0.2, 0) is 13.5 Å². The van der Waals surface area contributed by atoms with Crippen LogP contribution in [0.5, 0.6) is 0 Å². The fourth-order valence-corrected chi connectivity index (χ4v) is 2.46. The molecular formula is C15H16N4O2. The van der Waals surface area contributed by atoms with Gasteiger partial charge in [0.1, 0.15) is 5.82 Å². The molecule has 108 valence electrons. The van der Waals surface area contributed by atoms with Crippen molar-refractivity contribution in [3.8, 4) is 5.69 Å². The summed E-state index contributed by atoms with van der Waals surface area (Å²) in [5.41, 5.74) is 2.75. The number of benzene rings is 1. The van der Waals surface area contributed by atoms with Crippen LogP contribution in [0.1, 0.15) is 29.5 Å². The van der Waals surface area contributed by atoms with E-state index in [1.165, 1.54) is 0 Å². The van der Waals surface area contributed by atoms with Crippen molar-refractivity contribution >= 4 is 17.0 Å². The maximum Gasteiger partial charge on any atom is 0.335 e. The molecule has 0 aliphatic heterocycles. The van der Waals surface area contributed by atoms with Crippen LogP contribution >= 0.6 is 0 Å². The highest BCUT2D eigenvalue weighted by Gasteiger charge is 2.15. The number of aromatic nitrogens is 4. The van der Waals surface area contributed by atoms with E-state index in [0.717, 1.165) is 35.4 Å². The van der Waals surface area contributed by atoms with E-state index < -0.39 is 5.97 Å². The van der Waals surface area contributed by atoms with Crippen molar-refractivity contribution in [2.45, 2.75) is 19.8 Å². The Labute approximate surface area is 121 Å². The molecule has 3 aromatic rings. The predicted molar refractivity (Wildman–Crippen MR) is 78.8 cm³/mol. The molecule has 0 fully saturated rings. The smallest absolute Gasteiger partial charge is 0.335 e. The second kappa shape index (κ2) is 5.05. The van der Waals surface area contributed by atoms with Crippen molar-refractivity contribution in [1.29, 1.82) is 0 Å². The van der Waals surface area contributed by atoms with E-state index in [1.54, 1.807) is 29.1 Å². The van der Waals surface area contributed by atoms with Crippen LogP contribution in [0.3, 0.4) is 0 Å². The zero-order valence-corrected chi connectivity index (χ0v) is 11.9. The lowest BCUT2D eigenvalue weighted by molar-refractivity contribution is 0.0697. The molecule has 0 saturated carbocycles. The Morgan fingerprint density at radius 2 is 2.19 bits per heavy atom. The lowest BCUT2D eigenvalue weighted by Gasteiger charge is -2.05. The molecule has 0 spiro atoms. The van der Waals surface area contributed by atoms with E-state index in [0.29, 0.717) is 0 Å². The van der Waals surface area contributed by atoms with Gasteiger partial charge in [-0.15, -0.1) is 0 Å². The number of aryl methyl sites for hydroxylation is 2. The summed E-state index contributed by atoms with van der Waals surface area (Å²) in [5, 5.41) is 13.4. The molecule has 2 heterocycles. The minimum Gasteiger partial charge on any atom is -0.478 e. The largest absolute Gasteiger partial charge is 0.478 e. The van der Waals surface area contributed by atoms with Crippen molar-refractivity contribution in [1.82, 2.24) is 19.3 Å². The van der Waals surface area contributed by atoms with E-state index in [-0.39, 0.29) is 5.56 Å². The van der Waals surface area contributed by atoms with Crippen LogP contribution in [0.2, 0.25) is 0 Å². The molecular weight excluding hydrogens is 268 g/mol. The number of hydrogen-bond donors (Lipinski definition) is 1. The van der Waals surface area contributed by atoms with Crippen molar-refractivity contribution in [2.75, 3.05) is 0 Å². The molecule has 0 saturated heterocycles. The van der Waals surface area contributed by atoms with E-state index in [2.05, 4.69) is 17.0 Å². The molecule has 0 aliphatic carbocycles. The molecule has 1 N–H and O–H groups in total. The normalized spacial score (nSPS) is 11.1. The second-order valence-corrected chi connectivity index (χ2v) is 4.99. The SMILES string of the molecule is CCCc1nc2ccc(C(=O)O)cc2n1-c1cnn(C)c1. The zero-order chi connectivity index (χ0) is 15.0. The Morgan fingerprint density at radius 1 is 1.38 bits per heavy atom. The van der Waals surface area contributed by atoms with Gasteiger partial charge in [0.15, 0.2) is 0 Å². The summed E-state index contributed by atoms with van der Waals surface area (Å²) >= 11 is 0. The van der Waals surface area contributed by atoms with Gasteiger partial charge in [-0.05, 0) is 24.6 Å². The average Bonchev–Trinajstić information content (AvgIpc) is 3.01. The van der Waals surface area contributed by atoms with Gasteiger partial charge in [-0.25, -0.2) is 9.78 Å². The maximum absolute atomic E-state index is 11.2. The van der Waals surface area contributed by atoms with E-state index in [4.69, 9.17) is 0 Å². The summed E-state index contributed by atoms with van der Waals surface area (Å²) in [5.74, 6) is -0.0177. The van der Waals surface area contributed by atoms with Crippen molar-refractivity contribution < 1.29 is 9.90 Å². The highest BCUT2D eigenvalue weighted by molar-refractivity contribution is 5.93. The number of carbonyl (C=O) groups is 1. The van der Waals surface area contributed by atoms with Crippen LogP contribution in [0.15, 0.2) is 30.6 Å². The highest BCUT2D eigenvalue weighted by Crippen LogP contribution is 2.23. The number of hydrogen-bond acceptors (Lipinski definition) is 3. The average molecular weight is 284 g/mol. The minimum atomic E-state index is -0.937. The van der Waals surface area contributed by atoms with E-state index in [9.17, 15) is 9.90 Å². The molecule has 2 aromatic heterocycles. The maximum atomic E-state index is 11.2. The van der Waals surface area contributed by atoms with Gasteiger partial charge < -0.3 is 5.11 Å². The summed E-state index contributed by atoms with van der Waals surface area (Å²) in [7, 11) is 1.85. The van der Waals surface area contributed by atoms with E-state index in [1.807, 2.05) is 17.8 Å². The van der Waals surface area contributed by atoms with Crippen molar-refractivity contribution in [2.24, 2.45) is 7.05 Å². The Hall–Kier alpha value is -2.63. The fraction of sp³-hybridized carbons (Fsp3) is 0.267. The molecule has 6 heteroatoms. The molecule has 0 unspecified atom stereocenters. The van der Waals surface area contributed by atoms with Crippen LogP contribution in [-0.4, -0.2) is 30.4 Å². The monoisotopic (exact) mass is 284 g/mol. The van der Waals surface area contributed by atoms with Gasteiger partial charge in [0.05, 0.1) is 28.5 Å². The molecule has 21 heavy (non-hydrogen) atoms. The number of nitrogens with zero attached hydrogens (tertiary/aromatic N) is 4. The Balaban J connectivity index is 2.28. The second-order valence-electron chi connectivity index (χ2n) is 4.99. The van der Waals surface area contributed by atoms with Gasteiger partial charge in [-0.3, -0.25) is 9.25 Å². The van der Waals surface area contributed by atoms with Gasteiger partial charge in [-0.1, -0.05) is 6.92 Å².